The van der Waals surface area contributed by atoms with Crippen molar-refractivity contribution >= 4 is 5.69 Å². The summed E-state index contributed by atoms with van der Waals surface area (Å²) in [6.07, 6.45) is -2.45. The van der Waals surface area contributed by atoms with E-state index in [-0.39, 0.29) is 5.75 Å². The molecule has 1 aromatic carbocycles. The van der Waals surface area contributed by atoms with E-state index < -0.39 is 18.8 Å². The topological polar surface area (TPSA) is 21.3 Å². The fraction of sp³-hybridized carbons (Fsp3) is 0.333. The Morgan fingerprint density at radius 3 is 2.71 bits per heavy atom. The molecule has 0 saturated carbocycles. The summed E-state index contributed by atoms with van der Waals surface area (Å²) in [6.45, 7) is -0.484. The second kappa shape index (κ2) is 4.74. The standard InChI is InChI=1S/C9H10F3NO/c1-14-8-4-6(10)2-3-7(8)13-5-9(11)12/h2-4,9,13H,5H2,1H3. The van der Waals surface area contributed by atoms with Gasteiger partial charge in [-0.25, -0.2) is 13.2 Å². The van der Waals surface area contributed by atoms with Gasteiger partial charge in [-0.3, -0.25) is 0 Å². The van der Waals surface area contributed by atoms with Crippen LogP contribution in [0.3, 0.4) is 0 Å². The summed E-state index contributed by atoms with van der Waals surface area (Å²) in [6, 6.07) is 3.67. The van der Waals surface area contributed by atoms with Crippen molar-refractivity contribution in [3.63, 3.8) is 0 Å². The Morgan fingerprint density at radius 1 is 1.43 bits per heavy atom. The van der Waals surface area contributed by atoms with Crippen molar-refractivity contribution in [2.75, 3.05) is 19.0 Å². The van der Waals surface area contributed by atoms with Crippen LogP contribution in [-0.2, 0) is 0 Å². The molecule has 0 bridgehead atoms. The minimum Gasteiger partial charge on any atom is -0.494 e. The zero-order chi connectivity index (χ0) is 10.6. The number of rotatable bonds is 4. The maximum atomic E-state index is 12.7. The van der Waals surface area contributed by atoms with Crippen LogP contribution in [0.15, 0.2) is 18.2 Å². The lowest BCUT2D eigenvalue weighted by Crippen LogP contribution is -2.10. The Bertz CT molecular complexity index is 304. The zero-order valence-corrected chi connectivity index (χ0v) is 7.56. The molecule has 0 aliphatic heterocycles. The Kier molecular flexibility index (Phi) is 3.62. The molecule has 0 amide bonds. The van der Waals surface area contributed by atoms with Gasteiger partial charge in [0.15, 0.2) is 0 Å². The largest absolute Gasteiger partial charge is 0.494 e. The van der Waals surface area contributed by atoms with E-state index in [1.807, 2.05) is 0 Å². The maximum absolute atomic E-state index is 12.7. The van der Waals surface area contributed by atoms with Crippen LogP contribution in [0.1, 0.15) is 0 Å². The molecule has 0 heterocycles. The van der Waals surface area contributed by atoms with Crippen molar-refractivity contribution in [2.24, 2.45) is 0 Å². The lowest BCUT2D eigenvalue weighted by molar-refractivity contribution is 0.163. The molecule has 2 nitrogen and oxygen atoms in total. The van der Waals surface area contributed by atoms with Crippen molar-refractivity contribution in [3.05, 3.63) is 24.0 Å². The first-order valence-corrected chi connectivity index (χ1v) is 3.99. The van der Waals surface area contributed by atoms with E-state index in [1.54, 1.807) is 0 Å². The Balaban J connectivity index is 2.75. The van der Waals surface area contributed by atoms with Crippen LogP contribution >= 0.6 is 0 Å². The number of hydrogen-bond acceptors (Lipinski definition) is 2. The third kappa shape index (κ3) is 2.83. The molecule has 0 aliphatic carbocycles. The van der Waals surface area contributed by atoms with Gasteiger partial charge in [0.25, 0.3) is 6.43 Å². The van der Waals surface area contributed by atoms with E-state index in [0.29, 0.717) is 5.69 Å². The molecule has 0 aliphatic rings. The van der Waals surface area contributed by atoms with Crippen LogP contribution in [0.4, 0.5) is 18.9 Å². The highest BCUT2D eigenvalue weighted by Crippen LogP contribution is 2.24. The quantitative estimate of drug-likeness (QED) is 0.815. The normalized spacial score (nSPS) is 10.4. The van der Waals surface area contributed by atoms with E-state index in [4.69, 9.17) is 4.74 Å². The fourth-order valence-corrected chi connectivity index (χ4v) is 0.998. The summed E-state index contributed by atoms with van der Waals surface area (Å²) in [7, 11) is 1.35. The summed E-state index contributed by atoms with van der Waals surface area (Å²) in [4.78, 5) is 0. The Labute approximate surface area is 79.7 Å². The lowest BCUT2D eigenvalue weighted by atomic mass is 10.3. The number of benzene rings is 1. The number of methoxy groups -OCH3 is 1. The second-order valence-corrected chi connectivity index (χ2v) is 2.62. The fourth-order valence-electron chi connectivity index (χ4n) is 0.998. The summed E-state index contributed by atoms with van der Waals surface area (Å²) in [5.41, 5.74) is 0.356. The molecule has 0 fully saturated rings. The molecular weight excluding hydrogens is 195 g/mol. The van der Waals surface area contributed by atoms with E-state index in [1.165, 1.54) is 19.2 Å². The van der Waals surface area contributed by atoms with Crippen molar-refractivity contribution in [2.45, 2.75) is 6.43 Å². The highest BCUT2D eigenvalue weighted by molar-refractivity contribution is 5.56. The van der Waals surface area contributed by atoms with Crippen LogP contribution in [0.5, 0.6) is 5.75 Å². The first-order valence-electron chi connectivity index (χ1n) is 3.99. The van der Waals surface area contributed by atoms with Crippen LogP contribution < -0.4 is 10.1 Å². The molecule has 5 heteroatoms. The van der Waals surface area contributed by atoms with E-state index in [9.17, 15) is 13.2 Å². The summed E-state index contributed by atoms with van der Waals surface area (Å²) in [5, 5.41) is 2.45. The SMILES string of the molecule is COc1cc(F)ccc1NCC(F)F. The van der Waals surface area contributed by atoms with Gasteiger partial charge < -0.3 is 10.1 Å². The van der Waals surface area contributed by atoms with Gasteiger partial charge in [-0.05, 0) is 12.1 Å². The molecular formula is C9H10F3NO. The predicted octanol–water partition coefficient (Wildman–Crippen LogP) is 2.51. The molecule has 1 aromatic rings. The molecule has 0 atom stereocenters. The van der Waals surface area contributed by atoms with E-state index in [2.05, 4.69) is 5.32 Å². The third-order valence-corrected chi connectivity index (χ3v) is 1.61. The molecule has 0 saturated heterocycles. The van der Waals surface area contributed by atoms with Crippen molar-refractivity contribution in [1.29, 1.82) is 0 Å². The molecule has 0 radical (unpaired) electrons. The summed E-state index contributed by atoms with van der Waals surface area (Å²) in [5.74, 6) is -0.255. The smallest absolute Gasteiger partial charge is 0.255 e. The highest BCUT2D eigenvalue weighted by Gasteiger charge is 2.06. The molecule has 0 aromatic heterocycles. The predicted molar refractivity (Wildman–Crippen MR) is 47.4 cm³/mol. The maximum Gasteiger partial charge on any atom is 0.255 e. The van der Waals surface area contributed by atoms with E-state index in [0.717, 1.165) is 6.07 Å². The Morgan fingerprint density at radius 2 is 2.14 bits per heavy atom. The van der Waals surface area contributed by atoms with Crippen molar-refractivity contribution in [3.8, 4) is 5.75 Å². The van der Waals surface area contributed by atoms with Gasteiger partial charge in [0.05, 0.1) is 19.3 Å². The minimum absolute atomic E-state index is 0.214. The highest BCUT2D eigenvalue weighted by atomic mass is 19.3. The molecule has 78 valence electrons. The number of halogens is 3. The number of ether oxygens (including phenoxy) is 1. The van der Waals surface area contributed by atoms with Crippen LogP contribution in [0, 0.1) is 5.82 Å². The molecule has 0 spiro atoms. The van der Waals surface area contributed by atoms with Gasteiger partial charge in [0, 0.05) is 6.07 Å². The average molecular weight is 205 g/mol. The number of hydrogen-bond donors (Lipinski definition) is 1. The van der Waals surface area contributed by atoms with Gasteiger partial charge in [0.1, 0.15) is 11.6 Å². The van der Waals surface area contributed by atoms with Crippen molar-refractivity contribution < 1.29 is 17.9 Å². The minimum atomic E-state index is -2.45. The molecule has 1 N–H and O–H groups in total. The van der Waals surface area contributed by atoms with E-state index >= 15 is 0 Å². The second-order valence-electron chi connectivity index (χ2n) is 2.62. The number of anilines is 1. The van der Waals surface area contributed by atoms with Gasteiger partial charge in [-0.2, -0.15) is 0 Å². The summed E-state index contributed by atoms with van der Waals surface area (Å²) >= 11 is 0. The molecule has 0 unspecified atom stereocenters. The lowest BCUT2D eigenvalue weighted by Gasteiger charge is -2.10. The molecule has 1 rings (SSSR count). The van der Waals surface area contributed by atoms with Gasteiger partial charge in [-0.15, -0.1) is 0 Å². The summed E-state index contributed by atoms with van der Waals surface area (Å²) < 4.78 is 41.2. The van der Waals surface area contributed by atoms with Crippen LogP contribution in [0.25, 0.3) is 0 Å². The first-order chi connectivity index (χ1) is 6.63. The first kappa shape index (κ1) is 10.7. The van der Waals surface area contributed by atoms with Crippen LogP contribution in [0.2, 0.25) is 0 Å². The average Bonchev–Trinajstić information content (AvgIpc) is 2.15. The van der Waals surface area contributed by atoms with Crippen LogP contribution in [-0.4, -0.2) is 20.1 Å². The van der Waals surface area contributed by atoms with Crippen molar-refractivity contribution in [1.82, 2.24) is 0 Å². The Hall–Kier alpha value is -1.39. The van der Waals surface area contributed by atoms with Gasteiger partial charge in [0.2, 0.25) is 0 Å². The monoisotopic (exact) mass is 205 g/mol. The number of alkyl halides is 2. The van der Waals surface area contributed by atoms with Gasteiger partial charge >= 0.3 is 0 Å². The number of nitrogens with one attached hydrogen (secondary N) is 1. The molecule has 14 heavy (non-hydrogen) atoms. The third-order valence-electron chi connectivity index (χ3n) is 1.61. The zero-order valence-electron chi connectivity index (χ0n) is 7.56. The van der Waals surface area contributed by atoms with Gasteiger partial charge in [-0.1, -0.05) is 0 Å².